The highest BCUT2D eigenvalue weighted by molar-refractivity contribution is 5.92. The average molecular weight is 292 g/mol. The molecule has 1 aliphatic carbocycles. The summed E-state index contributed by atoms with van der Waals surface area (Å²) >= 11 is 0. The summed E-state index contributed by atoms with van der Waals surface area (Å²) in [5, 5.41) is 16.2. The highest BCUT2D eigenvalue weighted by Crippen LogP contribution is 2.27. The molecular weight excluding hydrogens is 268 g/mol. The van der Waals surface area contributed by atoms with Crippen LogP contribution in [-0.4, -0.2) is 36.8 Å². The van der Waals surface area contributed by atoms with Crippen LogP contribution in [0.25, 0.3) is 0 Å². The maximum Gasteiger partial charge on any atom is 0.238 e. The van der Waals surface area contributed by atoms with Crippen LogP contribution in [0.1, 0.15) is 32.1 Å². The molecule has 0 radical (unpaired) electrons. The molecule has 1 aromatic carbocycles. The summed E-state index contributed by atoms with van der Waals surface area (Å²) in [6.07, 6.45) is 4.97. The van der Waals surface area contributed by atoms with Crippen molar-refractivity contribution in [2.75, 3.05) is 25.5 Å². The van der Waals surface area contributed by atoms with Gasteiger partial charge in [-0.3, -0.25) is 4.79 Å². The Morgan fingerprint density at radius 2 is 1.90 bits per heavy atom. The van der Waals surface area contributed by atoms with Crippen molar-refractivity contribution in [3.8, 4) is 5.75 Å². The zero-order valence-electron chi connectivity index (χ0n) is 12.5. The smallest absolute Gasteiger partial charge is 0.238 e. The largest absolute Gasteiger partial charge is 0.497 e. The highest BCUT2D eigenvalue weighted by atomic mass is 16.5. The van der Waals surface area contributed by atoms with Gasteiger partial charge in [0, 0.05) is 12.2 Å². The van der Waals surface area contributed by atoms with Gasteiger partial charge in [0.2, 0.25) is 5.91 Å². The fourth-order valence-electron chi connectivity index (χ4n) is 2.67. The van der Waals surface area contributed by atoms with E-state index in [1.807, 2.05) is 0 Å². The maximum atomic E-state index is 11.8. The van der Waals surface area contributed by atoms with Gasteiger partial charge in [0.15, 0.2) is 0 Å². The third kappa shape index (κ3) is 5.02. The fraction of sp³-hybridized carbons (Fsp3) is 0.562. The van der Waals surface area contributed by atoms with Crippen molar-refractivity contribution in [1.82, 2.24) is 5.32 Å². The van der Waals surface area contributed by atoms with Crippen LogP contribution in [0.3, 0.4) is 0 Å². The number of benzene rings is 1. The molecule has 0 aromatic heterocycles. The van der Waals surface area contributed by atoms with E-state index < -0.39 is 5.60 Å². The molecule has 5 heteroatoms. The van der Waals surface area contributed by atoms with Crippen LogP contribution < -0.4 is 15.4 Å². The van der Waals surface area contributed by atoms with E-state index in [1.165, 1.54) is 6.42 Å². The molecular formula is C16H24N2O3. The summed E-state index contributed by atoms with van der Waals surface area (Å²) < 4.78 is 5.06. The quantitative estimate of drug-likeness (QED) is 0.749. The van der Waals surface area contributed by atoms with E-state index in [4.69, 9.17) is 4.74 Å². The highest BCUT2D eigenvalue weighted by Gasteiger charge is 2.28. The third-order valence-electron chi connectivity index (χ3n) is 3.90. The van der Waals surface area contributed by atoms with Crippen LogP contribution in [0, 0.1) is 0 Å². The monoisotopic (exact) mass is 292 g/mol. The zero-order chi connectivity index (χ0) is 15.1. The first kappa shape index (κ1) is 15.8. The number of nitrogens with one attached hydrogen (secondary N) is 2. The van der Waals surface area contributed by atoms with Crippen molar-refractivity contribution in [2.45, 2.75) is 37.7 Å². The lowest BCUT2D eigenvalue weighted by molar-refractivity contribution is -0.115. The molecule has 1 amide bonds. The van der Waals surface area contributed by atoms with Crippen molar-refractivity contribution in [1.29, 1.82) is 0 Å². The lowest BCUT2D eigenvalue weighted by Crippen LogP contribution is -2.44. The Hall–Kier alpha value is -1.59. The SMILES string of the molecule is COc1ccc(NC(=O)CNCC2(O)CCCCC2)cc1. The van der Waals surface area contributed by atoms with E-state index in [0.29, 0.717) is 6.54 Å². The van der Waals surface area contributed by atoms with E-state index in [2.05, 4.69) is 10.6 Å². The summed E-state index contributed by atoms with van der Waals surface area (Å²) in [6, 6.07) is 7.19. The molecule has 1 aliphatic rings. The fourth-order valence-corrected chi connectivity index (χ4v) is 2.67. The van der Waals surface area contributed by atoms with E-state index in [-0.39, 0.29) is 12.5 Å². The molecule has 0 bridgehead atoms. The topological polar surface area (TPSA) is 70.6 Å². The number of carbonyl (C=O) groups excluding carboxylic acids is 1. The van der Waals surface area contributed by atoms with E-state index in [1.54, 1.807) is 31.4 Å². The van der Waals surface area contributed by atoms with Crippen LogP contribution in [0.15, 0.2) is 24.3 Å². The molecule has 0 heterocycles. The van der Waals surface area contributed by atoms with Gasteiger partial charge in [0.1, 0.15) is 5.75 Å². The number of hydrogen-bond donors (Lipinski definition) is 3. The molecule has 1 fully saturated rings. The summed E-state index contributed by atoms with van der Waals surface area (Å²) in [6.45, 7) is 0.678. The molecule has 0 spiro atoms. The first-order valence-corrected chi connectivity index (χ1v) is 7.48. The minimum absolute atomic E-state index is 0.112. The Labute approximate surface area is 125 Å². The van der Waals surface area contributed by atoms with Gasteiger partial charge >= 0.3 is 0 Å². The molecule has 5 nitrogen and oxygen atoms in total. The van der Waals surface area contributed by atoms with E-state index in [0.717, 1.165) is 37.1 Å². The van der Waals surface area contributed by atoms with Gasteiger partial charge in [-0.1, -0.05) is 19.3 Å². The second-order valence-corrected chi connectivity index (χ2v) is 5.67. The Morgan fingerprint density at radius 1 is 1.24 bits per heavy atom. The Morgan fingerprint density at radius 3 is 2.52 bits per heavy atom. The number of aliphatic hydroxyl groups is 1. The van der Waals surface area contributed by atoms with Crippen molar-refractivity contribution < 1.29 is 14.6 Å². The molecule has 0 aliphatic heterocycles. The van der Waals surface area contributed by atoms with Gasteiger partial charge in [0.25, 0.3) is 0 Å². The molecule has 1 saturated carbocycles. The zero-order valence-corrected chi connectivity index (χ0v) is 12.5. The summed E-state index contributed by atoms with van der Waals surface area (Å²) in [5.41, 5.74) is 0.0949. The molecule has 0 saturated heterocycles. The maximum absolute atomic E-state index is 11.8. The Kier molecular flexibility index (Phi) is 5.59. The van der Waals surface area contributed by atoms with Crippen LogP contribution in [0.2, 0.25) is 0 Å². The van der Waals surface area contributed by atoms with Gasteiger partial charge in [-0.05, 0) is 37.1 Å². The first-order chi connectivity index (χ1) is 10.1. The van der Waals surface area contributed by atoms with E-state index in [9.17, 15) is 9.90 Å². The van der Waals surface area contributed by atoms with Gasteiger partial charge in [0.05, 0.1) is 19.3 Å². The molecule has 3 N–H and O–H groups in total. The molecule has 2 rings (SSSR count). The summed E-state index contributed by atoms with van der Waals surface area (Å²) in [5.74, 6) is 0.644. The number of amides is 1. The van der Waals surface area contributed by atoms with Crippen molar-refractivity contribution in [3.63, 3.8) is 0 Å². The second kappa shape index (κ2) is 7.43. The number of ether oxygens (including phenoxy) is 1. The average Bonchev–Trinajstić information content (AvgIpc) is 2.48. The predicted molar refractivity (Wildman–Crippen MR) is 82.5 cm³/mol. The Bertz CT molecular complexity index is 453. The van der Waals surface area contributed by atoms with Crippen LogP contribution in [0.4, 0.5) is 5.69 Å². The normalized spacial score (nSPS) is 17.2. The first-order valence-electron chi connectivity index (χ1n) is 7.48. The standard InChI is InChI=1S/C16H24N2O3/c1-21-14-7-5-13(6-8-14)18-15(19)11-17-12-16(20)9-3-2-4-10-16/h5-8,17,20H,2-4,9-12H2,1H3,(H,18,19). The Balaban J connectivity index is 1.71. The van der Waals surface area contributed by atoms with Gasteiger partial charge in [-0.2, -0.15) is 0 Å². The molecule has 21 heavy (non-hydrogen) atoms. The van der Waals surface area contributed by atoms with E-state index >= 15 is 0 Å². The number of carbonyl (C=O) groups is 1. The predicted octanol–water partition coefficient (Wildman–Crippen LogP) is 1.92. The summed E-state index contributed by atoms with van der Waals surface area (Å²) in [4.78, 5) is 11.8. The molecule has 1 aromatic rings. The molecule has 0 atom stereocenters. The molecule has 116 valence electrons. The second-order valence-electron chi connectivity index (χ2n) is 5.67. The minimum Gasteiger partial charge on any atom is -0.497 e. The van der Waals surface area contributed by atoms with Crippen molar-refractivity contribution >= 4 is 11.6 Å². The van der Waals surface area contributed by atoms with Crippen LogP contribution in [0.5, 0.6) is 5.75 Å². The summed E-state index contributed by atoms with van der Waals surface area (Å²) in [7, 11) is 1.60. The lowest BCUT2D eigenvalue weighted by atomic mass is 9.85. The van der Waals surface area contributed by atoms with Gasteiger partial charge in [-0.25, -0.2) is 0 Å². The number of rotatable bonds is 6. The van der Waals surface area contributed by atoms with Crippen molar-refractivity contribution in [3.05, 3.63) is 24.3 Å². The number of hydrogen-bond acceptors (Lipinski definition) is 4. The number of anilines is 1. The van der Waals surface area contributed by atoms with Crippen LogP contribution >= 0.6 is 0 Å². The third-order valence-corrected chi connectivity index (χ3v) is 3.90. The number of methoxy groups -OCH3 is 1. The van der Waals surface area contributed by atoms with Crippen LogP contribution in [-0.2, 0) is 4.79 Å². The lowest BCUT2D eigenvalue weighted by Gasteiger charge is -2.32. The van der Waals surface area contributed by atoms with Crippen molar-refractivity contribution in [2.24, 2.45) is 0 Å². The molecule has 0 unspecified atom stereocenters. The minimum atomic E-state index is -0.640. The van der Waals surface area contributed by atoms with Gasteiger partial charge < -0.3 is 20.5 Å². The van der Waals surface area contributed by atoms with Gasteiger partial charge in [-0.15, -0.1) is 0 Å².